The Morgan fingerprint density at radius 1 is 1.60 bits per heavy atom. The van der Waals surface area contributed by atoms with Gasteiger partial charge in [-0.25, -0.2) is 8.42 Å². The van der Waals surface area contributed by atoms with Crippen LogP contribution in [0, 0.1) is 0 Å². The van der Waals surface area contributed by atoms with E-state index in [-0.39, 0.29) is 4.90 Å². The highest BCUT2D eigenvalue weighted by Crippen LogP contribution is 2.42. The Morgan fingerprint density at radius 2 is 2.27 bits per heavy atom. The summed E-state index contributed by atoms with van der Waals surface area (Å²) < 4.78 is 24.3. The maximum atomic E-state index is 11.3. The van der Waals surface area contributed by atoms with Crippen LogP contribution in [0.25, 0.3) is 0 Å². The van der Waals surface area contributed by atoms with Gasteiger partial charge in [0.1, 0.15) is 4.90 Å². The highest BCUT2D eigenvalue weighted by atomic mass is 35.7. The number of nitrogens with zero attached hydrogens (tertiary/aromatic N) is 2. The molecule has 1 saturated carbocycles. The van der Waals surface area contributed by atoms with Gasteiger partial charge in [0.05, 0.1) is 5.69 Å². The maximum Gasteiger partial charge on any atom is 0.264 e. The molecule has 0 aromatic carbocycles. The van der Waals surface area contributed by atoms with Crippen LogP contribution in [0.4, 0.5) is 0 Å². The Hall–Kier alpha value is -0.550. The van der Waals surface area contributed by atoms with Crippen LogP contribution in [-0.2, 0) is 15.6 Å². The molecule has 0 atom stereocenters. The zero-order valence-corrected chi connectivity index (χ0v) is 10.1. The van der Waals surface area contributed by atoms with Crippen LogP contribution in [0.2, 0.25) is 0 Å². The van der Waals surface area contributed by atoms with E-state index in [1.54, 1.807) is 10.9 Å². The summed E-state index contributed by atoms with van der Waals surface area (Å²) in [5.74, 6) is 0.298. The van der Waals surface area contributed by atoms with Crippen molar-refractivity contribution in [2.45, 2.75) is 43.5 Å². The zero-order chi connectivity index (χ0) is 11.1. The van der Waals surface area contributed by atoms with Crippen LogP contribution in [0.3, 0.4) is 0 Å². The van der Waals surface area contributed by atoms with E-state index < -0.39 is 9.05 Å². The molecule has 15 heavy (non-hydrogen) atoms. The van der Waals surface area contributed by atoms with Crippen molar-refractivity contribution in [2.24, 2.45) is 0 Å². The Labute approximate surface area is 93.7 Å². The van der Waals surface area contributed by atoms with Crippen molar-refractivity contribution >= 4 is 19.7 Å². The van der Waals surface area contributed by atoms with Gasteiger partial charge in [0.25, 0.3) is 9.05 Å². The van der Waals surface area contributed by atoms with Gasteiger partial charge < -0.3 is 0 Å². The molecule has 2 rings (SSSR count). The first-order valence-electron chi connectivity index (χ1n) is 5.04. The van der Waals surface area contributed by atoms with Gasteiger partial charge in [-0.2, -0.15) is 5.10 Å². The monoisotopic (exact) mass is 248 g/mol. The summed E-state index contributed by atoms with van der Waals surface area (Å²) >= 11 is 0. The molecule has 0 radical (unpaired) electrons. The van der Waals surface area contributed by atoms with Crippen LogP contribution >= 0.6 is 10.7 Å². The molecule has 0 saturated heterocycles. The Balaban J connectivity index is 2.42. The van der Waals surface area contributed by atoms with Crippen molar-refractivity contribution < 1.29 is 8.42 Å². The number of hydrogen-bond acceptors (Lipinski definition) is 3. The van der Waals surface area contributed by atoms with Gasteiger partial charge in [-0.3, -0.25) is 4.68 Å². The number of aromatic nitrogens is 2. The summed E-state index contributed by atoms with van der Waals surface area (Å²) in [5, 5.41) is 4.28. The van der Waals surface area contributed by atoms with Crippen molar-refractivity contribution in [3.63, 3.8) is 0 Å². The van der Waals surface area contributed by atoms with Gasteiger partial charge in [-0.1, -0.05) is 6.92 Å². The summed E-state index contributed by atoms with van der Waals surface area (Å²) in [4.78, 5) is 0.195. The third-order valence-electron chi connectivity index (χ3n) is 2.43. The van der Waals surface area contributed by atoms with Crippen LogP contribution in [0.15, 0.2) is 11.1 Å². The van der Waals surface area contributed by atoms with E-state index in [0.29, 0.717) is 11.6 Å². The molecule has 1 fully saturated rings. The van der Waals surface area contributed by atoms with Crippen LogP contribution in [0.1, 0.15) is 37.8 Å². The number of halogens is 1. The van der Waals surface area contributed by atoms with E-state index in [0.717, 1.165) is 25.8 Å². The molecular weight excluding hydrogens is 236 g/mol. The lowest BCUT2D eigenvalue weighted by Crippen LogP contribution is -1.97. The second-order valence-electron chi connectivity index (χ2n) is 3.85. The lowest BCUT2D eigenvalue weighted by Gasteiger charge is -1.95. The predicted molar refractivity (Wildman–Crippen MR) is 57.5 cm³/mol. The zero-order valence-electron chi connectivity index (χ0n) is 8.48. The van der Waals surface area contributed by atoms with E-state index in [4.69, 9.17) is 10.7 Å². The topological polar surface area (TPSA) is 52.0 Å². The smallest absolute Gasteiger partial charge is 0.264 e. The molecule has 6 heteroatoms. The predicted octanol–water partition coefficient (Wildman–Crippen LogP) is 2.10. The van der Waals surface area contributed by atoms with Crippen molar-refractivity contribution in [3.8, 4) is 0 Å². The molecule has 1 aromatic rings. The van der Waals surface area contributed by atoms with Crippen molar-refractivity contribution in [2.75, 3.05) is 0 Å². The highest BCUT2D eigenvalue weighted by Gasteiger charge is 2.33. The fraction of sp³-hybridized carbons (Fsp3) is 0.667. The van der Waals surface area contributed by atoms with Gasteiger partial charge in [0.2, 0.25) is 0 Å². The molecular formula is C9H13ClN2O2S. The minimum atomic E-state index is -3.65. The third-order valence-corrected chi connectivity index (χ3v) is 3.77. The lowest BCUT2D eigenvalue weighted by atomic mass is 10.3. The van der Waals surface area contributed by atoms with Gasteiger partial charge in [-0.05, 0) is 19.3 Å². The summed E-state index contributed by atoms with van der Waals surface area (Å²) in [6, 6.07) is 0. The molecule has 84 valence electrons. The van der Waals surface area contributed by atoms with E-state index in [1.165, 1.54) is 0 Å². The SMILES string of the molecule is CCCn1cc(S(=O)(=O)Cl)c(C2CC2)n1. The molecule has 1 aromatic heterocycles. The first kappa shape index (κ1) is 11.0. The summed E-state index contributed by atoms with van der Waals surface area (Å²) in [7, 11) is 1.72. The fourth-order valence-corrected chi connectivity index (χ4v) is 2.65. The molecule has 0 aliphatic heterocycles. The van der Waals surface area contributed by atoms with E-state index in [9.17, 15) is 8.42 Å². The number of hydrogen-bond donors (Lipinski definition) is 0. The number of rotatable bonds is 4. The number of aryl methyl sites for hydroxylation is 1. The molecule has 0 amide bonds. The molecule has 1 aliphatic carbocycles. The average Bonchev–Trinajstić information content (AvgIpc) is 2.87. The third kappa shape index (κ3) is 2.34. The Kier molecular flexibility index (Phi) is 2.77. The quantitative estimate of drug-likeness (QED) is 0.767. The molecule has 1 heterocycles. The second-order valence-corrected chi connectivity index (χ2v) is 6.39. The largest absolute Gasteiger partial charge is 0.271 e. The van der Waals surface area contributed by atoms with Crippen LogP contribution < -0.4 is 0 Å². The molecule has 0 unspecified atom stereocenters. The summed E-state index contributed by atoms with van der Waals surface area (Å²) in [6.45, 7) is 2.75. The highest BCUT2D eigenvalue weighted by molar-refractivity contribution is 8.13. The molecule has 0 bridgehead atoms. The standard InChI is InChI=1S/C9H13ClN2O2S/c1-2-5-12-6-8(15(10,13)14)9(11-12)7-3-4-7/h6-7H,2-5H2,1H3. The Morgan fingerprint density at radius 3 is 2.73 bits per heavy atom. The van der Waals surface area contributed by atoms with Crippen LogP contribution in [-0.4, -0.2) is 18.2 Å². The normalized spacial score (nSPS) is 16.9. The van der Waals surface area contributed by atoms with Crippen molar-refractivity contribution in [1.82, 2.24) is 9.78 Å². The molecule has 1 aliphatic rings. The van der Waals surface area contributed by atoms with Gasteiger partial charge in [-0.15, -0.1) is 0 Å². The maximum absolute atomic E-state index is 11.3. The van der Waals surface area contributed by atoms with Crippen molar-refractivity contribution in [3.05, 3.63) is 11.9 Å². The Bertz CT molecular complexity index is 462. The van der Waals surface area contributed by atoms with Crippen molar-refractivity contribution in [1.29, 1.82) is 0 Å². The molecule has 0 spiro atoms. The fourth-order valence-electron chi connectivity index (χ4n) is 1.59. The molecule has 0 N–H and O–H groups in total. The first-order chi connectivity index (χ1) is 7.02. The minimum Gasteiger partial charge on any atom is -0.271 e. The van der Waals surface area contributed by atoms with Crippen LogP contribution in [0.5, 0.6) is 0 Å². The van der Waals surface area contributed by atoms with Gasteiger partial charge >= 0.3 is 0 Å². The van der Waals surface area contributed by atoms with E-state index in [1.807, 2.05) is 6.92 Å². The summed E-state index contributed by atoms with van der Waals surface area (Å²) in [6.07, 6.45) is 4.50. The van der Waals surface area contributed by atoms with E-state index >= 15 is 0 Å². The summed E-state index contributed by atoms with van der Waals surface area (Å²) in [5.41, 5.74) is 0.651. The molecule has 4 nitrogen and oxygen atoms in total. The van der Waals surface area contributed by atoms with Gasteiger partial charge in [0, 0.05) is 29.3 Å². The second kappa shape index (κ2) is 3.79. The first-order valence-corrected chi connectivity index (χ1v) is 7.35. The lowest BCUT2D eigenvalue weighted by molar-refractivity contribution is 0.593. The van der Waals surface area contributed by atoms with E-state index in [2.05, 4.69) is 5.10 Å². The van der Waals surface area contributed by atoms with Gasteiger partial charge in [0.15, 0.2) is 0 Å². The minimum absolute atomic E-state index is 0.195. The average molecular weight is 249 g/mol.